The second kappa shape index (κ2) is 20.9. The number of nitrogens with zero attached hydrogens (tertiary/aromatic N) is 2. The minimum Gasteiger partial charge on any atom is -0.481 e. The van der Waals surface area contributed by atoms with E-state index in [9.17, 15) is 33.9 Å². The second-order valence-electron chi connectivity index (χ2n) is 18.3. The number of esters is 1. The van der Waals surface area contributed by atoms with Crippen molar-refractivity contribution >= 4 is 57.1 Å². The molecule has 73 heavy (non-hydrogen) atoms. The van der Waals surface area contributed by atoms with Crippen LogP contribution in [0, 0.1) is 13.8 Å². The number of ether oxygens (including phenoxy) is 3. The third-order valence-corrected chi connectivity index (χ3v) is 13.9. The van der Waals surface area contributed by atoms with Crippen molar-refractivity contribution in [2.24, 2.45) is 11.5 Å². The van der Waals surface area contributed by atoms with E-state index in [-0.39, 0.29) is 23.5 Å². The molecular weight excluding hydrogens is 925 g/mol. The van der Waals surface area contributed by atoms with Crippen molar-refractivity contribution in [3.8, 4) is 33.8 Å². The first-order chi connectivity index (χ1) is 35.3. The van der Waals surface area contributed by atoms with E-state index < -0.39 is 41.9 Å². The van der Waals surface area contributed by atoms with Gasteiger partial charge in [-0.2, -0.15) is 0 Å². The number of benzene rings is 6. The van der Waals surface area contributed by atoms with Crippen LogP contribution in [0.5, 0.6) is 11.5 Å². The van der Waals surface area contributed by atoms with Gasteiger partial charge in [0.1, 0.15) is 11.5 Å². The van der Waals surface area contributed by atoms with E-state index in [4.69, 9.17) is 25.7 Å². The van der Waals surface area contributed by atoms with Crippen molar-refractivity contribution in [1.82, 2.24) is 9.13 Å². The van der Waals surface area contributed by atoms with Gasteiger partial charge < -0.3 is 39.9 Å². The number of hydrogen-bond donors (Lipinski definition) is 3. The van der Waals surface area contributed by atoms with Gasteiger partial charge in [-0.1, -0.05) is 109 Å². The number of nitrogens with two attached hydrogens (primary N) is 2. The van der Waals surface area contributed by atoms with E-state index in [1.807, 2.05) is 90.4 Å². The molecule has 0 radical (unpaired) electrons. The van der Waals surface area contributed by atoms with Crippen LogP contribution in [-0.4, -0.2) is 69.9 Å². The van der Waals surface area contributed by atoms with Gasteiger partial charge in [-0.3, -0.25) is 19.2 Å². The number of methoxy groups -OCH3 is 1. The molecule has 0 aliphatic heterocycles. The molecule has 8 aromatic rings. The lowest BCUT2D eigenvalue weighted by Gasteiger charge is -2.16. The van der Waals surface area contributed by atoms with Gasteiger partial charge in [0, 0.05) is 24.5 Å². The predicted octanol–water partition coefficient (Wildman–Crippen LogP) is 8.66. The largest absolute Gasteiger partial charge is 0.481 e. The minimum absolute atomic E-state index is 0.171. The number of carboxylic acids is 1. The Bertz CT molecular complexity index is 3520. The summed E-state index contributed by atoms with van der Waals surface area (Å²) in [4.78, 5) is 73.5. The molecule has 6 aromatic carbocycles. The summed E-state index contributed by atoms with van der Waals surface area (Å²) in [5.41, 5.74) is 25.0. The molecule has 0 saturated carbocycles. The molecule has 0 spiro atoms. The highest BCUT2D eigenvalue weighted by Crippen LogP contribution is 2.44. The molecule has 0 unspecified atom stereocenters. The SMILES string of the molecule is COC(=O)COc1cc2c(c3c1c(C(=O)C(N)=O)c(C)n3Cc1ccccc1-c1ccccc1)CCC2.Cc1c(C(=O)C(N)=O)c2c(OCC(=O)O)cc3c(c2n1Cc1ccccc1-c1ccccc1)CCC3. The van der Waals surface area contributed by atoms with Crippen molar-refractivity contribution in [2.75, 3.05) is 20.3 Å². The smallest absolute Gasteiger partial charge is 0.343 e. The Hall–Kier alpha value is -8.78. The van der Waals surface area contributed by atoms with Crippen LogP contribution in [0.3, 0.4) is 0 Å². The maximum absolute atomic E-state index is 13.1. The molecule has 2 amide bonds. The quantitative estimate of drug-likeness (QED) is 0.0476. The fourth-order valence-electron chi connectivity index (χ4n) is 10.7. The summed E-state index contributed by atoms with van der Waals surface area (Å²) < 4.78 is 20.4. The first kappa shape index (κ1) is 49.2. The van der Waals surface area contributed by atoms with E-state index in [1.165, 1.54) is 7.11 Å². The Kier molecular flexibility index (Phi) is 14.1. The van der Waals surface area contributed by atoms with Crippen molar-refractivity contribution in [1.29, 1.82) is 0 Å². The maximum Gasteiger partial charge on any atom is 0.343 e. The van der Waals surface area contributed by atoms with Crippen molar-refractivity contribution in [3.63, 3.8) is 0 Å². The van der Waals surface area contributed by atoms with Crippen LogP contribution < -0.4 is 20.9 Å². The lowest BCUT2D eigenvalue weighted by Crippen LogP contribution is -2.24. The summed E-state index contributed by atoms with van der Waals surface area (Å²) in [6.45, 7) is 3.69. The van der Waals surface area contributed by atoms with Crippen molar-refractivity contribution < 1.29 is 48.1 Å². The van der Waals surface area contributed by atoms with E-state index in [2.05, 4.69) is 47.0 Å². The summed E-state index contributed by atoms with van der Waals surface area (Å²) in [5.74, 6) is -4.69. The normalized spacial score (nSPS) is 12.4. The van der Waals surface area contributed by atoms with Crippen LogP contribution in [0.15, 0.2) is 121 Å². The highest BCUT2D eigenvalue weighted by atomic mass is 16.6. The molecule has 2 aliphatic rings. The number of carboxylic acid groups (broad SMARTS) is 1. The van der Waals surface area contributed by atoms with Crippen LogP contribution in [0.2, 0.25) is 0 Å². The number of ketones is 2. The first-order valence-electron chi connectivity index (χ1n) is 24.1. The summed E-state index contributed by atoms with van der Waals surface area (Å²) in [6.07, 6.45) is 5.27. The van der Waals surface area contributed by atoms with E-state index >= 15 is 0 Å². The molecule has 0 saturated heterocycles. The number of rotatable bonds is 16. The zero-order valence-electron chi connectivity index (χ0n) is 40.8. The van der Waals surface area contributed by atoms with Gasteiger partial charge in [0.15, 0.2) is 13.2 Å². The molecule has 2 aliphatic carbocycles. The van der Waals surface area contributed by atoms with Gasteiger partial charge in [-0.25, -0.2) is 9.59 Å². The van der Waals surface area contributed by atoms with Gasteiger partial charge in [-0.05, 0) is 120 Å². The molecule has 0 fully saturated rings. The summed E-state index contributed by atoms with van der Waals surface area (Å²) in [5, 5.41) is 10.2. The number of amides is 2. The van der Waals surface area contributed by atoms with Gasteiger partial charge in [-0.15, -0.1) is 0 Å². The topological polar surface area (TPSA) is 212 Å². The fourth-order valence-corrected chi connectivity index (χ4v) is 10.7. The van der Waals surface area contributed by atoms with Crippen molar-refractivity contribution in [3.05, 3.63) is 177 Å². The van der Waals surface area contributed by atoms with Crippen molar-refractivity contribution in [2.45, 2.75) is 65.5 Å². The second-order valence-corrected chi connectivity index (χ2v) is 18.3. The molecule has 14 heteroatoms. The van der Waals surface area contributed by atoms with E-state index in [1.54, 1.807) is 6.92 Å². The molecule has 0 bridgehead atoms. The highest BCUT2D eigenvalue weighted by Gasteiger charge is 2.33. The number of carbonyl (C=O) groups is 6. The Balaban J connectivity index is 0.000000180. The van der Waals surface area contributed by atoms with E-state index in [0.29, 0.717) is 41.0 Å². The van der Waals surface area contributed by atoms with Crippen LogP contribution in [0.1, 0.15) is 78.3 Å². The Morgan fingerprint density at radius 1 is 0.548 bits per heavy atom. The van der Waals surface area contributed by atoms with Gasteiger partial charge >= 0.3 is 11.9 Å². The third kappa shape index (κ3) is 9.59. The Morgan fingerprint density at radius 3 is 1.34 bits per heavy atom. The zero-order valence-corrected chi connectivity index (χ0v) is 40.8. The fraction of sp³-hybridized carbons (Fsp3) is 0.220. The zero-order chi connectivity index (χ0) is 51.5. The molecule has 0 atom stereocenters. The number of aliphatic carboxylic acids is 1. The lowest BCUT2D eigenvalue weighted by atomic mass is 9.99. The summed E-state index contributed by atoms with van der Waals surface area (Å²) in [6, 6.07) is 40.1. The molecule has 2 heterocycles. The lowest BCUT2D eigenvalue weighted by molar-refractivity contribution is -0.143. The number of aromatic nitrogens is 2. The molecular formula is C59H54N4O10. The van der Waals surface area contributed by atoms with Crippen LogP contribution in [-0.2, 0) is 62.7 Å². The number of fused-ring (bicyclic) bond motifs is 6. The average Bonchev–Trinajstić information content (AvgIpc) is 4.20. The van der Waals surface area contributed by atoms with Crippen LogP contribution in [0.25, 0.3) is 44.1 Å². The predicted molar refractivity (Wildman–Crippen MR) is 277 cm³/mol. The summed E-state index contributed by atoms with van der Waals surface area (Å²) >= 11 is 0. The number of primary amides is 2. The molecule has 370 valence electrons. The monoisotopic (exact) mass is 978 g/mol. The van der Waals surface area contributed by atoms with Gasteiger partial charge in [0.25, 0.3) is 23.4 Å². The number of aryl methyl sites for hydroxylation is 4. The van der Waals surface area contributed by atoms with E-state index in [0.717, 1.165) is 105 Å². The average molecular weight is 979 g/mol. The van der Waals surface area contributed by atoms with Gasteiger partial charge in [0.2, 0.25) is 0 Å². The maximum atomic E-state index is 13.1. The highest BCUT2D eigenvalue weighted by molar-refractivity contribution is 6.46. The first-order valence-corrected chi connectivity index (χ1v) is 24.1. The molecule has 10 rings (SSSR count). The standard InChI is InChI=1S/C30H28N2O5.C29H26N2O5/c1-18-26(29(34)30(31)35)27-24(37-17-25(33)36-2)15-20-12-8-14-23(20)28(27)32(18)16-21-11-6-7-13-22(21)19-9-4-3-5-10-19;1-17-25(28(34)29(30)35)26-23(36-16-24(32)33)14-19-11-7-13-22(19)27(26)31(17)15-20-10-5-6-12-21(20)18-8-3-2-4-9-18/h3-7,9-11,13,15H,8,12,14,16-17H2,1-2H3,(H2,31,35);2-6,8-10,12,14H,7,11,13,15-16H2,1H3,(H2,30,35)(H,32,33). The van der Waals surface area contributed by atoms with Crippen LogP contribution >= 0.6 is 0 Å². The Morgan fingerprint density at radius 2 is 0.945 bits per heavy atom. The van der Waals surface area contributed by atoms with Gasteiger partial charge in [0.05, 0.1) is 40.0 Å². The molecule has 2 aromatic heterocycles. The van der Waals surface area contributed by atoms with Crippen LogP contribution in [0.4, 0.5) is 0 Å². The third-order valence-electron chi connectivity index (χ3n) is 13.9. The molecule has 5 N–H and O–H groups in total. The summed E-state index contributed by atoms with van der Waals surface area (Å²) in [7, 11) is 1.29. The number of hydrogen-bond acceptors (Lipinski definition) is 9. The minimum atomic E-state index is -1.13. The molecule has 14 nitrogen and oxygen atoms in total. The number of carbonyl (C=O) groups excluding carboxylic acids is 5. The Labute approximate surface area is 421 Å². The number of Topliss-reactive ketones (excluding diaryl/α,β-unsaturated/α-hetero) is 2.